The second-order valence-electron chi connectivity index (χ2n) is 7.30. The number of aliphatic hydroxyl groups excluding tert-OH is 1. The predicted molar refractivity (Wildman–Crippen MR) is 121 cm³/mol. The van der Waals surface area contributed by atoms with Crippen molar-refractivity contribution in [2.24, 2.45) is 0 Å². The van der Waals surface area contributed by atoms with Crippen molar-refractivity contribution in [3.05, 3.63) is 77.3 Å². The minimum absolute atomic E-state index is 0.178. The van der Waals surface area contributed by atoms with Gasteiger partial charge in [0.25, 0.3) is 5.91 Å². The number of hydrogen-bond acceptors (Lipinski definition) is 7. The monoisotopic (exact) mass is 470 g/mol. The lowest BCUT2D eigenvalue weighted by atomic mass is 10.0. The van der Waals surface area contributed by atoms with Gasteiger partial charge in [-0.2, -0.15) is 0 Å². The normalized spacial score (nSPS) is 12.4. The van der Waals surface area contributed by atoms with E-state index in [1.807, 2.05) is 0 Å². The summed E-state index contributed by atoms with van der Waals surface area (Å²) in [7, 11) is 1.55. The van der Waals surface area contributed by atoms with Crippen LogP contribution in [0.25, 0.3) is 0 Å². The summed E-state index contributed by atoms with van der Waals surface area (Å²) in [6, 6.07) is 12.2. The van der Waals surface area contributed by atoms with Gasteiger partial charge in [0.2, 0.25) is 5.91 Å². The molecule has 3 rings (SSSR count). The fourth-order valence-corrected chi connectivity index (χ4v) is 2.99. The Kier molecular flexibility index (Phi) is 7.81. The van der Waals surface area contributed by atoms with Gasteiger partial charge in [0.15, 0.2) is 0 Å². The maximum absolute atomic E-state index is 12.7. The van der Waals surface area contributed by atoms with Gasteiger partial charge in [-0.15, -0.1) is 0 Å². The van der Waals surface area contributed by atoms with Gasteiger partial charge in [-0.05, 0) is 36.8 Å². The standard InChI is InChI=1S/C23H23ClN4O5/c1-23(13-29,28-21(30)16-11-25-14-26-12-16)22(31)27-10-15-3-5-17(6-4-15)33-20-8-7-18(32-2)9-19(20)24/h3-9,11-12,14,29H,10,13H2,1-2H3,(H,27,31)(H,28,30)/t23-/m0/s1. The van der Waals surface area contributed by atoms with Crippen molar-refractivity contribution in [1.82, 2.24) is 20.6 Å². The van der Waals surface area contributed by atoms with Crippen LogP contribution in [0.3, 0.4) is 0 Å². The molecule has 0 saturated carbocycles. The number of halogens is 1. The van der Waals surface area contributed by atoms with Crippen molar-refractivity contribution >= 4 is 23.4 Å². The van der Waals surface area contributed by atoms with Crippen LogP contribution in [-0.4, -0.2) is 46.1 Å². The van der Waals surface area contributed by atoms with E-state index in [9.17, 15) is 14.7 Å². The molecule has 0 spiro atoms. The van der Waals surface area contributed by atoms with Gasteiger partial charge in [0, 0.05) is 25.0 Å². The molecule has 2 amide bonds. The fraction of sp³-hybridized carbons (Fsp3) is 0.217. The average Bonchev–Trinajstić information content (AvgIpc) is 2.84. The summed E-state index contributed by atoms with van der Waals surface area (Å²) < 4.78 is 10.9. The second-order valence-corrected chi connectivity index (χ2v) is 7.70. The smallest absolute Gasteiger partial charge is 0.255 e. The van der Waals surface area contributed by atoms with Gasteiger partial charge in [0.05, 0.1) is 24.3 Å². The summed E-state index contributed by atoms with van der Waals surface area (Å²) in [5, 5.41) is 15.4. The molecule has 3 aromatic rings. The van der Waals surface area contributed by atoms with E-state index in [1.165, 1.54) is 25.6 Å². The molecular weight excluding hydrogens is 448 g/mol. The molecule has 9 nitrogen and oxygen atoms in total. The number of methoxy groups -OCH3 is 1. The van der Waals surface area contributed by atoms with Crippen LogP contribution in [-0.2, 0) is 11.3 Å². The van der Waals surface area contributed by atoms with Gasteiger partial charge < -0.3 is 25.2 Å². The third-order valence-electron chi connectivity index (χ3n) is 4.77. The molecule has 0 fully saturated rings. The van der Waals surface area contributed by atoms with Gasteiger partial charge in [0.1, 0.15) is 29.1 Å². The fourth-order valence-electron chi connectivity index (χ4n) is 2.78. The zero-order valence-corrected chi connectivity index (χ0v) is 18.8. The number of aliphatic hydroxyl groups is 1. The minimum Gasteiger partial charge on any atom is -0.497 e. The number of ether oxygens (including phenoxy) is 2. The largest absolute Gasteiger partial charge is 0.497 e. The second kappa shape index (κ2) is 10.8. The van der Waals surface area contributed by atoms with E-state index in [1.54, 1.807) is 49.6 Å². The van der Waals surface area contributed by atoms with Crippen LogP contribution < -0.4 is 20.1 Å². The Balaban J connectivity index is 1.58. The van der Waals surface area contributed by atoms with Crippen molar-refractivity contribution in [2.45, 2.75) is 19.0 Å². The third-order valence-corrected chi connectivity index (χ3v) is 5.07. The molecule has 33 heavy (non-hydrogen) atoms. The first kappa shape index (κ1) is 24.0. The Hall–Kier alpha value is -3.69. The number of carbonyl (C=O) groups excluding carboxylic acids is 2. The summed E-state index contributed by atoms with van der Waals surface area (Å²) in [6.45, 7) is 1.02. The van der Waals surface area contributed by atoms with E-state index >= 15 is 0 Å². The van der Waals surface area contributed by atoms with Crippen molar-refractivity contribution in [1.29, 1.82) is 0 Å². The summed E-state index contributed by atoms with van der Waals surface area (Å²) in [5.41, 5.74) is -0.557. The number of benzene rings is 2. The molecule has 0 aliphatic carbocycles. The topological polar surface area (TPSA) is 123 Å². The molecule has 1 heterocycles. The highest BCUT2D eigenvalue weighted by Gasteiger charge is 2.34. The minimum atomic E-state index is -1.53. The Labute approximate surface area is 195 Å². The number of amides is 2. The Morgan fingerprint density at radius 1 is 1.09 bits per heavy atom. The van der Waals surface area contributed by atoms with Crippen molar-refractivity contribution in [3.8, 4) is 17.2 Å². The Morgan fingerprint density at radius 3 is 2.36 bits per heavy atom. The quantitative estimate of drug-likeness (QED) is 0.439. The number of nitrogens with one attached hydrogen (secondary N) is 2. The average molecular weight is 471 g/mol. The van der Waals surface area contributed by atoms with Gasteiger partial charge in [-0.3, -0.25) is 9.59 Å². The Bertz CT molecular complexity index is 1110. The summed E-state index contributed by atoms with van der Waals surface area (Å²) in [4.78, 5) is 32.5. The maximum atomic E-state index is 12.7. The SMILES string of the molecule is COc1ccc(Oc2ccc(CNC(=O)[C@](C)(CO)NC(=O)c3cncnc3)cc2)c(Cl)c1. The van der Waals surface area contributed by atoms with Crippen molar-refractivity contribution in [3.63, 3.8) is 0 Å². The van der Waals surface area contributed by atoms with Crippen LogP contribution in [0.2, 0.25) is 5.02 Å². The van der Waals surface area contributed by atoms with Crippen molar-refractivity contribution in [2.75, 3.05) is 13.7 Å². The van der Waals surface area contributed by atoms with Crippen LogP contribution in [0, 0.1) is 0 Å². The first-order valence-electron chi connectivity index (χ1n) is 9.91. The molecule has 2 aromatic carbocycles. The molecule has 10 heteroatoms. The molecule has 3 N–H and O–H groups in total. The molecule has 1 atom stereocenters. The molecule has 0 unspecified atom stereocenters. The Morgan fingerprint density at radius 2 is 1.76 bits per heavy atom. The molecule has 0 aliphatic heterocycles. The van der Waals surface area contributed by atoms with E-state index in [0.29, 0.717) is 22.3 Å². The van der Waals surface area contributed by atoms with E-state index < -0.39 is 24.0 Å². The van der Waals surface area contributed by atoms with E-state index in [-0.39, 0.29) is 12.1 Å². The first-order valence-corrected chi connectivity index (χ1v) is 10.3. The highest BCUT2D eigenvalue weighted by atomic mass is 35.5. The summed E-state index contributed by atoms with van der Waals surface area (Å²) in [5.74, 6) is 0.564. The third kappa shape index (κ3) is 6.18. The van der Waals surface area contributed by atoms with Crippen LogP contribution in [0.4, 0.5) is 0 Å². The zero-order valence-electron chi connectivity index (χ0n) is 18.0. The molecule has 172 valence electrons. The number of hydrogen-bond donors (Lipinski definition) is 3. The summed E-state index contributed by atoms with van der Waals surface area (Å²) in [6.07, 6.45) is 3.93. The lowest BCUT2D eigenvalue weighted by Crippen LogP contribution is -2.59. The molecule has 0 radical (unpaired) electrons. The summed E-state index contributed by atoms with van der Waals surface area (Å²) >= 11 is 6.20. The lowest BCUT2D eigenvalue weighted by molar-refractivity contribution is -0.128. The highest BCUT2D eigenvalue weighted by molar-refractivity contribution is 6.32. The molecule has 0 bridgehead atoms. The van der Waals surface area contributed by atoms with Crippen LogP contribution in [0.5, 0.6) is 17.2 Å². The molecule has 0 aliphatic rings. The van der Waals surface area contributed by atoms with Crippen molar-refractivity contribution < 1.29 is 24.2 Å². The number of carbonyl (C=O) groups is 2. The van der Waals surface area contributed by atoms with Gasteiger partial charge >= 0.3 is 0 Å². The van der Waals surface area contributed by atoms with Gasteiger partial charge in [-0.1, -0.05) is 23.7 Å². The van der Waals surface area contributed by atoms with Crippen LogP contribution in [0.15, 0.2) is 61.2 Å². The van der Waals surface area contributed by atoms with Crippen LogP contribution in [0.1, 0.15) is 22.8 Å². The van der Waals surface area contributed by atoms with Gasteiger partial charge in [-0.25, -0.2) is 9.97 Å². The molecular formula is C23H23ClN4O5. The highest BCUT2D eigenvalue weighted by Crippen LogP contribution is 2.32. The molecule has 0 saturated heterocycles. The number of aromatic nitrogens is 2. The van der Waals surface area contributed by atoms with E-state index in [4.69, 9.17) is 21.1 Å². The zero-order chi connectivity index (χ0) is 23.8. The predicted octanol–water partition coefficient (Wildman–Crippen LogP) is 2.73. The molecule has 1 aromatic heterocycles. The number of nitrogens with zero attached hydrogens (tertiary/aromatic N) is 2. The van der Waals surface area contributed by atoms with E-state index in [0.717, 1.165) is 5.56 Å². The van der Waals surface area contributed by atoms with E-state index in [2.05, 4.69) is 20.6 Å². The van der Waals surface area contributed by atoms with Crippen LogP contribution >= 0.6 is 11.6 Å². The first-order chi connectivity index (χ1) is 15.8. The lowest BCUT2D eigenvalue weighted by Gasteiger charge is -2.27. The number of rotatable bonds is 9. The maximum Gasteiger partial charge on any atom is 0.255 e.